The van der Waals surface area contributed by atoms with Crippen molar-refractivity contribution in [3.63, 3.8) is 0 Å². The van der Waals surface area contributed by atoms with Crippen LogP contribution in [0.3, 0.4) is 0 Å². The summed E-state index contributed by atoms with van der Waals surface area (Å²) in [6.45, 7) is 2.27. The maximum Gasteiger partial charge on any atom is 0.220 e. The number of hydrogen-bond acceptors (Lipinski definition) is 3. The van der Waals surface area contributed by atoms with Gasteiger partial charge in [-0.05, 0) is 43.2 Å². The van der Waals surface area contributed by atoms with Crippen molar-refractivity contribution in [2.24, 2.45) is 11.8 Å². The summed E-state index contributed by atoms with van der Waals surface area (Å²) < 4.78 is 0. The van der Waals surface area contributed by atoms with Gasteiger partial charge in [0.25, 0.3) is 0 Å². The van der Waals surface area contributed by atoms with E-state index in [2.05, 4.69) is 16.9 Å². The highest BCUT2D eigenvalue weighted by molar-refractivity contribution is 6.43. The van der Waals surface area contributed by atoms with Crippen molar-refractivity contribution in [1.29, 1.82) is 0 Å². The molecule has 0 aliphatic heterocycles. The summed E-state index contributed by atoms with van der Waals surface area (Å²) in [4.78, 5) is 8.65. The fraction of sp³-hybridized carbons (Fsp3) is 0.375. The normalized spacial score (nSPS) is 16.0. The molecular weight excluding hydrogens is 305 g/mol. The average Bonchev–Trinajstić information content (AvgIpc) is 3.25. The van der Waals surface area contributed by atoms with Gasteiger partial charge in [-0.1, -0.05) is 42.3 Å². The number of aromatic nitrogens is 2. The standard InChI is InChI=1S/C16H17Cl2N3/c1-9(10-5-6-10)7-11-8-14(21-16(19)20-11)12-3-2-4-13(17)15(12)18/h2-4,8-10H,5-7H2,1H3,(H2,19,20,21)/t9-/m1/s1. The van der Waals surface area contributed by atoms with Gasteiger partial charge in [-0.3, -0.25) is 0 Å². The third kappa shape index (κ3) is 3.30. The molecule has 0 saturated heterocycles. The zero-order valence-electron chi connectivity index (χ0n) is 11.8. The SMILES string of the molecule is C[C@H](Cc1cc(-c2cccc(Cl)c2Cl)nc(N)n1)C1CC1. The predicted octanol–water partition coefficient (Wildman–Crippen LogP) is 4.62. The minimum atomic E-state index is 0.279. The summed E-state index contributed by atoms with van der Waals surface area (Å²) in [6, 6.07) is 7.47. The molecule has 0 unspecified atom stereocenters. The van der Waals surface area contributed by atoms with E-state index in [0.29, 0.717) is 16.0 Å². The lowest BCUT2D eigenvalue weighted by molar-refractivity contribution is 0.501. The minimum Gasteiger partial charge on any atom is -0.368 e. The lowest BCUT2D eigenvalue weighted by Crippen LogP contribution is -2.07. The second-order valence-electron chi connectivity index (χ2n) is 5.72. The molecule has 110 valence electrons. The fourth-order valence-corrected chi connectivity index (χ4v) is 3.02. The summed E-state index contributed by atoms with van der Waals surface area (Å²) in [5, 5.41) is 1.01. The Hall–Kier alpha value is -1.32. The van der Waals surface area contributed by atoms with Crippen LogP contribution in [0.5, 0.6) is 0 Å². The van der Waals surface area contributed by atoms with Crippen LogP contribution in [0.25, 0.3) is 11.3 Å². The minimum absolute atomic E-state index is 0.279. The monoisotopic (exact) mass is 321 g/mol. The van der Waals surface area contributed by atoms with Crippen LogP contribution in [0.15, 0.2) is 24.3 Å². The predicted molar refractivity (Wildman–Crippen MR) is 87.5 cm³/mol. The third-order valence-electron chi connectivity index (χ3n) is 3.98. The summed E-state index contributed by atoms with van der Waals surface area (Å²) in [6.07, 6.45) is 3.58. The largest absolute Gasteiger partial charge is 0.368 e. The molecular formula is C16H17Cl2N3. The van der Waals surface area contributed by atoms with Gasteiger partial charge in [0.2, 0.25) is 5.95 Å². The molecule has 1 heterocycles. The van der Waals surface area contributed by atoms with Crippen molar-refractivity contribution in [3.05, 3.63) is 40.0 Å². The second kappa shape index (κ2) is 5.82. The van der Waals surface area contributed by atoms with Crippen LogP contribution in [-0.2, 0) is 6.42 Å². The maximum absolute atomic E-state index is 6.27. The van der Waals surface area contributed by atoms with Gasteiger partial charge in [-0.15, -0.1) is 0 Å². The van der Waals surface area contributed by atoms with Gasteiger partial charge in [0, 0.05) is 11.3 Å². The number of nitrogen functional groups attached to an aromatic ring is 1. The quantitative estimate of drug-likeness (QED) is 0.893. The zero-order valence-corrected chi connectivity index (χ0v) is 13.3. The smallest absolute Gasteiger partial charge is 0.220 e. The van der Waals surface area contributed by atoms with Crippen LogP contribution in [-0.4, -0.2) is 9.97 Å². The van der Waals surface area contributed by atoms with Gasteiger partial charge in [-0.25, -0.2) is 9.97 Å². The molecule has 1 aromatic heterocycles. The van der Waals surface area contributed by atoms with Gasteiger partial charge in [-0.2, -0.15) is 0 Å². The Morgan fingerprint density at radius 2 is 2.05 bits per heavy atom. The van der Waals surface area contributed by atoms with Crippen molar-refractivity contribution in [2.75, 3.05) is 5.73 Å². The summed E-state index contributed by atoms with van der Waals surface area (Å²) >= 11 is 12.3. The first-order chi connectivity index (χ1) is 10.0. The number of halogens is 2. The van der Waals surface area contributed by atoms with Crippen LogP contribution in [0, 0.1) is 11.8 Å². The molecule has 1 aliphatic rings. The van der Waals surface area contributed by atoms with E-state index < -0.39 is 0 Å². The highest BCUT2D eigenvalue weighted by atomic mass is 35.5. The number of nitrogens with two attached hydrogens (primary N) is 1. The molecule has 0 spiro atoms. The number of anilines is 1. The zero-order chi connectivity index (χ0) is 15.0. The number of rotatable bonds is 4. The van der Waals surface area contributed by atoms with E-state index in [9.17, 15) is 0 Å². The molecule has 3 nitrogen and oxygen atoms in total. The van der Waals surface area contributed by atoms with E-state index in [-0.39, 0.29) is 5.95 Å². The molecule has 0 bridgehead atoms. The number of benzene rings is 1. The van der Waals surface area contributed by atoms with Gasteiger partial charge in [0.05, 0.1) is 15.7 Å². The Kier molecular flexibility index (Phi) is 4.05. The Bertz CT molecular complexity index is 669. The molecule has 21 heavy (non-hydrogen) atoms. The highest BCUT2D eigenvalue weighted by Crippen LogP contribution is 2.38. The molecule has 0 amide bonds. The molecule has 2 aromatic rings. The van der Waals surface area contributed by atoms with E-state index in [1.54, 1.807) is 6.07 Å². The number of hydrogen-bond donors (Lipinski definition) is 1. The van der Waals surface area contributed by atoms with E-state index in [0.717, 1.165) is 29.3 Å². The first kappa shape index (κ1) is 14.6. The second-order valence-corrected chi connectivity index (χ2v) is 6.51. The Morgan fingerprint density at radius 3 is 2.76 bits per heavy atom. The third-order valence-corrected chi connectivity index (χ3v) is 4.80. The topological polar surface area (TPSA) is 51.8 Å². The molecule has 1 aromatic carbocycles. The lowest BCUT2D eigenvalue weighted by atomic mass is 9.99. The van der Waals surface area contributed by atoms with Gasteiger partial charge >= 0.3 is 0 Å². The van der Waals surface area contributed by atoms with Crippen LogP contribution in [0.2, 0.25) is 10.0 Å². The molecule has 5 heteroatoms. The first-order valence-electron chi connectivity index (χ1n) is 7.12. The highest BCUT2D eigenvalue weighted by Gasteiger charge is 2.28. The Labute approximate surface area is 134 Å². The molecule has 1 saturated carbocycles. The van der Waals surface area contributed by atoms with Crippen molar-refractivity contribution >= 4 is 29.2 Å². The summed E-state index contributed by atoms with van der Waals surface area (Å²) in [7, 11) is 0. The first-order valence-corrected chi connectivity index (χ1v) is 7.88. The average molecular weight is 322 g/mol. The van der Waals surface area contributed by atoms with Crippen molar-refractivity contribution in [1.82, 2.24) is 9.97 Å². The van der Waals surface area contributed by atoms with E-state index in [1.165, 1.54) is 12.8 Å². The molecule has 0 radical (unpaired) electrons. The van der Waals surface area contributed by atoms with Gasteiger partial charge in [0.1, 0.15) is 0 Å². The van der Waals surface area contributed by atoms with Crippen molar-refractivity contribution < 1.29 is 0 Å². The molecule has 2 N–H and O–H groups in total. The molecule has 1 aliphatic carbocycles. The van der Waals surface area contributed by atoms with E-state index >= 15 is 0 Å². The van der Waals surface area contributed by atoms with E-state index in [4.69, 9.17) is 28.9 Å². The van der Waals surface area contributed by atoms with Crippen LogP contribution in [0.4, 0.5) is 5.95 Å². The maximum atomic E-state index is 6.27. The number of nitrogens with zero attached hydrogens (tertiary/aromatic N) is 2. The summed E-state index contributed by atoms with van der Waals surface area (Å²) in [5.74, 6) is 1.74. The molecule has 3 rings (SSSR count). The van der Waals surface area contributed by atoms with E-state index in [1.807, 2.05) is 18.2 Å². The molecule has 1 atom stereocenters. The van der Waals surface area contributed by atoms with Crippen molar-refractivity contribution in [2.45, 2.75) is 26.2 Å². The van der Waals surface area contributed by atoms with Crippen molar-refractivity contribution in [3.8, 4) is 11.3 Å². The lowest BCUT2D eigenvalue weighted by Gasteiger charge is -2.12. The summed E-state index contributed by atoms with van der Waals surface area (Å²) in [5.41, 5.74) is 8.34. The van der Waals surface area contributed by atoms with Crippen LogP contribution >= 0.6 is 23.2 Å². The Morgan fingerprint density at radius 1 is 1.29 bits per heavy atom. The Balaban J connectivity index is 1.95. The van der Waals surface area contributed by atoms with Gasteiger partial charge in [0.15, 0.2) is 0 Å². The fourth-order valence-electron chi connectivity index (χ4n) is 2.62. The van der Waals surface area contributed by atoms with Crippen LogP contribution in [0.1, 0.15) is 25.5 Å². The van der Waals surface area contributed by atoms with Gasteiger partial charge < -0.3 is 5.73 Å². The van der Waals surface area contributed by atoms with Crippen LogP contribution < -0.4 is 5.73 Å². The molecule has 1 fully saturated rings.